The zero-order valence-corrected chi connectivity index (χ0v) is 17.7. The summed E-state index contributed by atoms with van der Waals surface area (Å²) in [5.74, 6) is 0.0349. The molecule has 2 aromatic rings. The van der Waals surface area contributed by atoms with Gasteiger partial charge in [0.05, 0.1) is 12.6 Å². The van der Waals surface area contributed by atoms with E-state index in [2.05, 4.69) is 38.0 Å². The van der Waals surface area contributed by atoms with Gasteiger partial charge in [-0.1, -0.05) is 24.3 Å². The monoisotopic (exact) mass is 451 g/mol. The van der Waals surface area contributed by atoms with E-state index in [1.807, 2.05) is 12.1 Å². The van der Waals surface area contributed by atoms with Gasteiger partial charge in [0.1, 0.15) is 5.82 Å². The van der Waals surface area contributed by atoms with E-state index in [9.17, 15) is 23.1 Å². The lowest BCUT2D eigenvalue weighted by Gasteiger charge is -2.30. The Morgan fingerprint density at radius 3 is 2.75 bits per heavy atom. The minimum Gasteiger partial charge on any atom is -0.390 e. The molecule has 1 aliphatic rings. The molecule has 1 aromatic heterocycles. The number of anilines is 1. The first kappa shape index (κ1) is 24.0. The number of β-amino-alcohol motifs (C(OH)–C–C–N with tert-alkyl or cyclic N) is 1. The van der Waals surface area contributed by atoms with Gasteiger partial charge in [-0.05, 0) is 29.7 Å². The number of hydrogen-bond donors (Lipinski definition) is 4. The molecule has 3 rings (SSSR count). The third-order valence-electron chi connectivity index (χ3n) is 5.13. The third kappa shape index (κ3) is 7.77. The van der Waals surface area contributed by atoms with Crippen LogP contribution in [0.1, 0.15) is 21.5 Å². The molecule has 0 saturated carbocycles. The highest BCUT2D eigenvalue weighted by Crippen LogP contribution is 2.18. The van der Waals surface area contributed by atoms with Crippen molar-refractivity contribution in [2.24, 2.45) is 0 Å². The lowest BCUT2D eigenvalue weighted by Crippen LogP contribution is -2.42. The molecule has 1 atom stereocenters. The van der Waals surface area contributed by atoms with E-state index in [1.54, 1.807) is 0 Å². The molecule has 1 aromatic carbocycles. The average Bonchev–Trinajstić information content (AvgIpc) is 2.76. The van der Waals surface area contributed by atoms with E-state index >= 15 is 0 Å². The van der Waals surface area contributed by atoms with Gasteiger partial charge in [0.15, 0.2) is 0 Å². The minimum absolute atomic E-state index is 0.102. The van der Waals surface area contributed by atoms with Crippen molar-refractivity contribution in [3.8, 4) is 0 Å². The van der Waals surface area contributed by atoms with E-state index in [0.29, 0.717) is 17.9 Å². The van der Waals surface area contributed by atoms with Gasteiger partial charge in [0.25, 0.3) is 5.91 Å². The molecule has 0 bridgehead atoms. The second kappa shape index (κ2) is 11.3. The highest BCUT2D eigenvalue weighted by atomic mass is 19.4. The molecule has 0 spiro atoms. The second-order valence-electron chi connectivity index (χ2n) is 7.77. The lowest BCUT2D eigenvalue weighted by atomic mass is 10.00. The molecule has 0 unspecified atom stereocenters. The smallest absolute Gasteiger partial charge is 0.390 e. The summed E-state index contributed by atoms with van der Waals surface area (Å²) in [6.45, 7) is 1.48. The predicted molar refractivity (Wildman–Crippen MR) is 115 cm³/mol. The average molecular weight is 451 g/mol. The number of benzene rings is 1. The number of halogens is 3. The molecule has 7 nitrogen and oxygen atoms in total. The fourth-order valence-corrected chi connectivity index (χ4v) is 3.56. The van der Waals surface area contributed by atoms with Crippen molar-refractivity contribution in [3.05, 3.63) is 59.3 Å². The predicted octanol–water partition coefficient (Wildman–Crippen LogP) is 1.79. The number of hydrogen-bond acceptors (Lipinski definition) is 6. The van der Waals surface area contributed by atoms with Gasteiger partial charge in [-0.15, -0.1) is 0 Å². The van der Waals surface area contributed by atoms with Crippen molar-refractivity contribution >= 4 is 11.7 Å². The Labute approximate surface area is 185 Å². The summed E-state index contributed by atoms with van der Waals surface area (Å²) in [5, 5.41) is 18.2. The summed E-state index contributed by atoms with van der Waals surface area (Å²) >= 11 is 0. The maximum atomic E-state index is 12.4. The van der Waals surface area contributed by atoms with E-state index in [-0.39, 0.29) is 25.5 Å². The van der Waals surface area contributed by atoms with Gasteiger partial charge in [-0.2, -0.15) is 13.2 Å². The first-order valence-corrected chi connectivity index (χ1v) is 10.5. The van der Waals surface area contributed by atoms with Gasteiger partial charge in [0.2, 0.25) is 0 Å². The number of fused-ring (bicyclic) bond motifs is 1. The molecule has 4 N–H and O–H groups in total. The van der Waals surface area contributed by atoms with E-state index < -0.39 is 18.8 Å². The van der Waals surface area contributed by atoms with E-state index in [0.717, 1.165) is 19.5 Å². The van der Waals surface area contributed by atoms with Crippen molar-refractivity contribution in [1.29, 1.82) is 0 Å². The van der Waals surface area contributed by atoms with E-state index in [4.69, 9.17) is 0 Å². The molecule has 0 aliphatic carbocycles. The van der Waals surface area contributed by atoms with Gasteiger partial charge in [0, 0.05) is 51.0 Å². The number of aliphatic hydroxyl groups excluding tert-OH is 1. The van der Waals surface area contributed by atoms with Crippen molar-refractivity contribution in [2.75, 3.05) is 44.6 Å². The molecule has 0 saturated heterocycles. The Morgan fingerprint density at radius 2 is 1.97 bits per heavy atom. The number of nitrogens with one attached hydrogen (secondary N) is 3. The van der Waals surface area contributed by atoms with Crippen LogP contribution in [0.3, 0.4) is 0 Å². The maximum absolute atomic E-state index is 12.4. The van der Waals surface area contributed by atoms with Crippen LogP contribution in [0.2, 0.25) is 0 Å². The third-order valence-corrected chi connectivity index (χ3v) is 5.13. The molecule has 174 valence electrons. The number of pyridine rings is 1. The summed E-state index contributed by atoms with van der Waals surface area (Å²) in [7, 11) is 0. The number of amides is 1. The highest BCUT2D eigenvalue weighted by molar-refractivity contribution is 5.94. The van der Waals surface area contributed by atoms with Crippen molar-refractivity contribution < 1.29 is 23.1 Å². The summed E-state index contributed by atoms with van der Waals surface area (Å²) in [4.78, 5) is 18.6. The first-order valence-electron chi connectivity index (χ1n) is 10.5. The van der Waals surface area contributed by atoms with Crippen molar-refractivity contribution in [3.63, 3.8) is 0 Å². The SMILES string of the molecule is O=C(NC[C@H](O)CN1CCc2ccccc2C1)c1ccnc(NCCNCC(F)(F)F)c1. The van der Waals surface area contributed by atoms with Crippen LogP contribution >= 0.6 is 0 Å². The summed E-state index contributed by atoms with van der Waals surface area (Å²) in [6, 6.07) is 11.3. The van der Waals surface area contributed by atoms with Crippen LogP contribution in [0.15, 0.2) is 42.6 Å². The van der Waals surface area contributed by atoms with Gasteiger partial charge < -0.3 is 21.1 Å². The maximum Gasteiger partial charge on any atom is 0.401 e. The van der Waals surface area contributed by atoms with Gasteiger partial charge >= 0.3 is 6.18 Å². The molecule has 10 heteroatoms. The van der Waals surface area contributed by atoms with Crippen LogP contribution in [0, 0.1) is 0 Å². The zero-order valence-electron chi connectivity index (χ0n) is 17.7. The first-order chi connectivity index (χ1) is 15.3. The lowest BCUT2D eigenvalue weighted by molar-refractivity contribution is -0.124. The number of aromatic nitrogens is 1. The Balaban J connectivity index is 1.39. The minimum atomic E-state index is -4.25. The number of aliphatic hydroxyl groups is 1. The summed E-state index contributed by atoms with van der Waals surface area (Å²) < 4.78 is 36.3. The molecule has 32 heavy (non-hydrogen) atoms. The van der Waals surface area contributed by atoms with Gasteiger partial charge in [-0.3, -0.25) is 9.69 Å². The molecule has 0 fully saturated rings. The van der Waals surface area contributed by atoms with Crippen LogP contribution in [0.4, 0.5) is 19.0 Å². The van der Waals surface area contributed by atoms with Crippen LogP contribution in [-0.4, -0.2) is 72.4 Å². The topological polar surface area (TPSA) is 89.5 Å². The second-order valence-corrected chi connectivity index (χ2v) is 7.77. The van der Waals surface area contributed by atoms with Crippen LogP contribution in [0.5, 0.6) is 0 Å². The number of carbonyl (C=O) groups excluding carboxylic acids is 1. The Hall–Kier alpha value is -2.69. The molecule has 1 aliphatic heterocycles. The fourth-order valence-electron chi connectivity index (χ4n) is 3.56. The number of rotatable bonds is 10. The Kier molecular flexibility index (Phi) is 8.43. The molecule has 1 amide bonds. The Morgan fingerprint density at radius 1 is 1.19 bits per heavy atom. The fraction of sp³-hybridized carbons (Fsp3) is 0.455. The molecular formula is C22H28F3N5O2. The number of carbonyl (C=O) groups is 1. The molecule has 0 radical (unpaired) electrons. The largest absolute Gasteiger partial charge is 0.401 e. The summed E-state index contributed by atoms with van der Waals surface area (Å²) in [5.41, 5.74) is 2.95. The zero-order chi connectivity index (χ0) is 23.0. The molecule has 2 heterocycles. The quantitative estimate of drug-likeness (QED) is 0.412. The van der Waals surface area contributed by atoms with Crippen LogP contribution < -0.4 is 16.0 Å². The standard InChI is InChI=1S/C22H28F3N5O2/c23-22(24,25)15-26-8-9-28-20-11-17(5-7-27-20)21(32)29-12-19(31)14-30-10-6-16-3-1-2-4-18(16)13-30/h1-5,7,11,19,26,31H,6,8-10,12-15H2,(H,27,28)(H,29,32)/t19-/m0/s1. The van der Waals surface area contributed by atoms with Crippen LogP contribution in [-0.2, 0) is 13.0 Å². The van der Waals surface area contributed by atoms with E-state index in [1.165, 1.54) is 29.5 Å². The van der Waals surface area contributed by atoms with Gasteiger partial charge in [-0.25, -0.2) is 4.98 Å². The van der Waals surface area contributed by atoms with Crippen LogP contribution in [0.25, 0.3) is 0 Å². The number of nitrogens with zero attached hydrogens (tertiary/aromatic N) is 2. The molecular weight excluding hydrogens is 423 g/mol. The Bertz CT molecular complexity index is 894. The van der Waals surface area contributed by atoms with Crippen molar-refractivity contribution in [2.45, 2.75) is 25.2 Å². The normalized spacial score (nSPS) is 15.1. The summed E-state index contributed by atoms with van der Waals surface area (Å²) in [6.07, 6.45) is -2.57. The number of alkyl halides is 3. The highest BCUT2D eigenvalue weighted by Gasteiger charge is 2.25. The van der Waals surface area contributed by atoms with Crippen molar-refractivity contribution in [1.82, 2.24) is 20.5 Å².